The first-order chi connectivity index (χ1) is 15.1. The zero-order chi connectivity index (χ0) is 23.6. The number of carbonyl (C=O) groups is 1. The SMILES string of the molecule is CCOc1c(NC(=O)c2cc3cccc(N)c3[nH]2)cc(C(C)(C)C)cc1N(NC)[S+](C)C. The van der Waals surface area contributed by atoms with Crippen molar-refractivity contribution in [1.82, 2.24) is 10.4 Å². The van der Waals surface area contributed by atoms with Gasteiger partial charge in [-0.3, -0.25) is 4.79 Å². The van der Waals surface area contributed by atoms with E-state index in [1.54, 1.807) is 0 Å². The van der Waals surface area contributed by atoms with Crippen LogP contribution in [0.2, 0.25) is 0 Å². The zero-order valence-electron chi connectivity index (χ0n) is 19.9. The third-order valence-electron chi connectivity index (χ3n) is 5.19. The summed E-state index contributed by atoms with van der Waals surface area (Å²) in [6.07, 6.45) is 4.26. The third kappa shape index (κ3) is 4.81. The van der Waals surface area contributed by atoms with Gasteiger partial charge in [0.15, 0.2) is 5.75 Å². The number of fused-ring (bicyclic) bond motifs is 1. The second kappa shape index (κ2) is 9.34. The average Bonchev–Trinajstić information content (AvgIpc) is 3.15. The van der Waals surface area contributed by atoms with Gasteiger partial charge in [-0.15, -0.1) is 4.41 Å². The Labute approximate surface area is 193 Å². The van der Waals surface area contributed by atoms with Crippen LogP contribution >= 0.6 is 0 Å². The van der Waals surface area contributed by atoms with Crippen molar-refractivity contribution >= 4 is 45.0 Å². The number of anilines is 3. The van der Waals surface area contributed by atoms with Gasteiger partial charge in [-0.1, -0.05) is 32.9 Å². The average molecular weight is 457 g/mol. The van der Waals surface area contributed by atoms with Gasteiger partial charge in [0.1, 0.15) is 35.0 Å². The highest BCUT2D eigenvalue weighted by molar-refractivity contribution is 7.96. The summed E-state index contributed by atoms with van der Waals surface area (Å²) in [7, 11) is 1.89. The number of nitrogens with two attached hydrogens (primary N) is 1. The first-order valence-electron chi connectivity index (χ1n) is 10.6. The summed E-state index contributed by atoms with van der Waals surface area (Å²) >= 11 is -0.114. The van der Waals surface area contributed by atoms with Gasteiger partial charge in [0.25, 0.3) is 5.91 Å². The van der Waals surface area contributed by atoms with E-state index in [9.17, 15) is 4.79 Å². The minimum Gasteiger partial charge on any atom is -0.489 e. The molecule has 3 rings (SSSR count). The molecular weight excluding hydrogens is 422 g/mol. The molecule has 1 heterocycles. The predicted molar refractivity (Wildman–Crippen MR) is 138 cm³/mol. The van der Waals surface area contributed by atoms with Crippen LogP contribution in [0.5, 0.6) is 5.75 Å². The Morgan fingerprint density at radius 1 is 1.22 bits per heavy atom. The number of hydrogen-bond donors (Lipinski definition) is 4. The molecule has 0 saturated carbocycles. The maximum atomic E-state index is 13.2. The van der Waals surface area contributed by atoms with E-state index >= 15 is 0 Å². The standard InChI is InChI=1S/C24H33N5O2S/c1-8-31-22-18(13-16(24(2,3)4)14-20(22)29(26-5)32(6)7)28-23(30)19-12-15-10-9-11-17(25)21(15)27-19/h9-14,26H,8,25H2,1-7H3,(H-,27,28,30)/p+1. The Morgan fingerprint density at radius 2 is 1.94 bits per heavy atom. The van der Waals surface area contributed by atoms with Gasteiger partial charge in [-0.05, 0) is 42.2 Å². The summed E-state index contributed by atoms with van der Waals surface area (Å²) in [5.74, 6) is 0.390. The van der Waals surface area contributed by atoms with Crippen LogP contribution in [-0.2, 0) is 16.5 Å². The first kappa shape index (κ1) is 23.8. The number of aromatic nitrogens is 1. The Balaban J connectivity index is 2.11. The van der Waals surface area contributed by atoms with Gasteiger partial charge < -0.3 is 20.8 Å². The third-order valence-corrected chi connectivity index (χ3v) is 6.30. The molecule has 3 aromatic rings. The number of carbonyl (C=O) groups excluding carboxylic acids is 1. The fraction of sp³-hybridized carbons (Fsp3) is 0.375. The molecule has 0 spiro atoms. The van der Waals surface area contributed by atoms with Gasteiger partial charge in [0.05, 0.1) is 23.5 Å². The largest absolute Gasteiger partial charge is 0.489 e. The maximum Gasteiger partial charge on any atom is 0.272 e. The Hall–Kier alpha value is -2.84. The number of nitrogen functional groups attached to an aromatic ring is 1. The molecular formula is C24H34N5O2S+. The molecule has 0 aliphatic rings. The molecule has 1 aromatic heterocycles. The molecule has 0 saturated heterocycles. The molecule has 7 nitrogen and oxygen atoms in total. The van der Waals surface area contributed by atoms with Crippen molar-refractivity contribution in [3.63, 3.8) is 0 Å². The quantitative estimate of drug-likeness (QED) is 0.240. The normalized spacial score (nSPS) is 11.8. The van der Waals surface area contributed by atoms with Gasteiger partial charge in [-0.25, -0.2) is 0 Å². The summed E-state index contributed by atoms with van der Waals surface area (Å²) in [4.78, 5) is 16.4. The second-order valence-corrected chi connectivity index (χ2v) is 10.7. The number of ether oxygens (including phenoxy) is 1. The van der Waals surface area contributed by atoms with Gasteiger partial charge in [0.2, 0.25) is 0 Å². The van der Waals surface area contributed by atoms with Crippen molar-refractivity contribution in [3.8, 4) is 5.75 Å². The van der Waals surface area contributed by atoms with E-state index in [1.165, 1.54) is 0 Å². The fourth-order valence-corrected chi connectivity index (χ4v) is 4.47. The number of benzene rings is 2. The molecule has 0 aliphatic heterocycles. The second-order valence-electron chi connectivity index (χ2n) is 8.80. The van der Waals surface area contributed by atoms with Crippen molar-refractivity contribution < 1.29 is 9.53 Å². The lowest BCUT2D eigenvalue weighted by atomic mass is 9.86. The van der Waals surface area contributed by atoms with Gasteiger partial charge >= 0.3 is 0 Å². The highest BCUT2D eigenvalue weighted by Gasteiger charge is 2.28. The Kier molecular flexibility index (Phi) is 6.95. The number of nitrogens with zero attached hydrogens (tertiary/aromatic N) is 1. The smallest absolute Gasteiger partial charge is 0.272 e. The zero-order valence-corrected chi connectivity index (χ0v) is 20.7. The van der Waals surface area contributed by atoms with Crippen LogP contribution in [0.15, 0.2) is 36.4 Å². The maximum absolute atomic E-state index is 13.2. The molecule has 172 valence electrons. The predicted octanol–water partition coefficient (Wildman–Crippen LogP) is 4.43. The van der Waals surface area contributed by atoms with Crippen molar-refractivity contribution in [1.29, 1.82) is 0 Å². The Morgan fingerprint density at radius 3 is 2.50 bits per heavy atom. The van der Waals surface area contributed by atoms with Gasteiger partial charge in [0, 0.05) is 12.4 Å². The van der Waals surface area contributed by atoms with Crippen molar-refractivity contribution in [2.45, 2.75) is 33.1 Å². The monoisotopic (exact) mass is 456 g/mol. The van der Waals surface area contributed by atoms with E-state index in [2.05, 4.69) is 59.5 Å². The van der Waals surface area contributed by atoms with Crippen LogP contribution in [0.4, 0.5) is 17.1 Å². The summed E-state index contributed by atoms with van der Waals surface area (Å²) < 4.78 is 8.13. The van der Waals surface area contributed by atoms with Crippen LogP contribution in [0.25, 0.3) is 10.9 Å². The lowest BCUT2D eigenvalue weighted by molar-refractivity contribution is 0.102. The van der Waals surface area contributed by atoms with E-state index in [0.29, 0.717) is 29.4 Å². The summed E-state index contributed by atoms with van der Waals surface area (Å²) in [5, 5.41) is 3.97. The lowest BCUT2D eigenvalue weighted by Crippen LogP contribution is -2.40. The van der Waals surface area contributed by atoms with Crippen LogP contribution in [0, 0.1) is 0 Å². The van der Waals surface area contributed by atoms with E-state index in [0.717, 1.165) is 22.2 Å². The van der Waals surface area contributed by atoms with E-state index in [-0.39, 0.29) is 22.4 Å². The number of amides is 1. The molecule has 0 fully saturated rings. The molecule has 0 aliphatic carbocycles. The van der Waals surface area contributed by atoms with E-state index in [1.807, 2.05) is 44.3 Å². The topological polar surface area (TPSA) is 95.4 Å². The first-order valence-corrected chi connectivity index (χ1v) is 12.6. The molecule has 0 bridgehead atoms. The van der Waals surface area contributed by atoms with Gasteiger partial charge in [-0.2, -0.15) is 5.43 Å². The summed E-state index contributed by atoms with van der Waals surface area (Å²) in [6.45, 7) is 8.88. The molecule has 32 heavy (non-hydrogen) atoms. The highest BCUT2D eigenvalue weighted by Crippen LogP contribution is 2.41. The van der Waals surface area contributed by atoms with Crippen LogP contribution < -0.4 is 25.6 Å². The summed E-state index contributed by atoms with van der Waals surface area (Å²) in [5.41, 5.74) is 13.6. The van der Waals surface area contributed by atoms with Crippen molar-refractivity contribution in [3.05, 3.63) is 47.7 Å². The minimum absolute atomic E-state index is 0.114. The molecule has 0 unspecified atom stereocenters. The molecule has 0 radical (unpaired) electrons. The fourth-order valence-electron chi connectivity index (χ4n) is 3.58. The number of para-hydroxylation sites is 1. The number of rotatable bonds is 7. The van der Waals surface area contributed by atoms with Crippen LogP contribution in [0.1, 0.15) is 43.7 Å². The highest BCUT2D eigenvalue weighted by atomic mass is 32.2. The van der Waals surface area contributed by atoms with E-state index in [4.69, 9.17) is 10.5 Å². The molecule has 5 N–H and O–H groups in total. The van der Waals surface area contributed by atoms with Crippen molar-refractivity contribution in [2.75, 3.05) is 41.6 Å². The van der Waals surface area contributed by atoms with Crippen LogP contribution in [0.3, 0.4) is 0 Å². The molecule has 1 amide bonds. The van der Waals surface area contributed by atoms with Crippen molar-refractivity contribution in [2.24, 2.45) is 0 Å². The lowest BCUT2D eigenvalue weighted by Gasteiger charge is -2.27. The Bertz CT molecular complexity index is 1120. The summed E-state index contributed by atoms with van der Waals surface area (Å²) in [6, 6.07) is 11.6. The number of nitrogens with one attached hydrogen (secondary N) is 3. The number of hydrogen-bond acceptors (Lipinski definition) is 5. The number of hydrazine groups is 1. The minimum atomic E-state index is -0.249. The molecule has 0 atom stereocenters. The number of aromatic amines is 1. The van der Waals surface area contributed by atoms with E-state index < -0.39 is 0 Å². The molecule has 2 aromatic carbocycles. The number of H-pyrrole nitrogens is 1. The molecule has 8 heteroatoms. The van der Waals surface area contributed by atoms with Crippen LogP contribution in [-0.4, -0.2) is 37.1 Å².